The zero-order valence-electron chi connectivity index (χ0n) is 27.7. The zero-order chi connectivity index (χ0) is 37.7. The van der Waals surface area contributed by atoms with Gasteiger partial charge in [-0.05, 0) is 67.6 Å². The lowest BCUT2D eigenvalue weighted by molar-refractivity contribution is -0.386. The highest BCUT2D eigenvalue weighted by Crippen LogP contribution is 2.43. The van der Waals surface area contributed by atoms with Gasteiger partial charge in [0.2, 0.25) is 6.79 Å². The van der Waals surface area contributed by atoms with Crippen molar-refractivity contribution >= 4 is 40.9 Å². The number of anilines is 2. The number of aliphatic carboxylic acids is 4. The Bertz CT molecular complexity index is 1850. The van der Waals surface area contributed by atoms with Crippen LogP contribution in [0.25, 0.3) is 0 Å². The maximum Gasteiger partial charge on any atom is 0.323 e. The standard InChI is InChI=1S/C34H35N3O15/c1-18-5-7-21(35(13-30(38)39)14-31(40)41)26(9-18)51-24-3-2-4-25(24)52-27-10-19(6-8-22(27)36(15-32(42)43)16-33(44)45)34(46)20-11-28-29(50-17-49-28)12-23(20)37(47)48/h5-12,24-25,34,46H,2-4,13-17H2,1H3,(H,38,39)(H,40,41)(H,42,43)(H,44,45)/t24-,25+,34?/m0/s1. The van der Waals surface area contributed by atoms with Crippen LogP contribution in [0.3, 0.4) is 0 Å². The highest BCUT2D eigenvalue weighted by molar-refractivity contribution is 5.82. The molecule has 1 aliphatic carbocycles. The lowest BCUT2D eigenvalue weighted by atomic mass is 9.98. The Morgan fingerprint density at radius 3 is 1.77 bits per heavy atom. The lowest BCUT2D eigenvalue weighted by Crippen LogP contribution is -2.37. The summed E-state index contributed by atoms with van der Waals surface area (Å²) in [7, 11) is 0. The van der Waals surface area contributed by atoms with E-state index in [1.165, 1.54) is 24.3 Å². The molecule has 5 N–H and O–H groups in total. The Morgan fingerprint density at radius 1 is 0.788 bits per heavy atom. The zero-order valence-corrected chi connectivity index (χ0v) is 27.7. The number of carboxylic acid groups (broad SMARTS) is 4. The molecule has 0 saturated heterocycles. The van der Waals surface area contributed by atoms with E-state index in [0.717, 1.165) is 21.4 Å². The molecule has 1 unspecified atom stereocenters. The van der Waals surface area contributed by atoms with Gasteiger partial charge in [-0.15, -0.1) is 0 Å². The van der Waals surface area contributed by atoms with Crippen LogP contribution in [0.1, 0.15) is 42.1 Å². The maximum atomic E-state index is 12.0. The summed E-state index contributed by atoms with van der Waals surface area (Å²) in [6.07, 6.45) is -1.68. The number of fused-ring (bicyclic) bond motifs is 1. The number of hydrogen-bond acceptors (Lipinski definition) is 13. The van der Waals surface area contributed by atoms with Gasteiger partial charge >= 0.3 is 23.9 Å². The molecule has 1 heterocycles. The molecule has 1 aliphatic heterocycles. The predicted molar refractivity (Wildman–Crippen MR) is 179 cm³/mol. The molecule has 0 spiro atoms. The fourth-order valence-electron chi connectivity index (χ4n) is 6.13. The molecule has 2 aliphatic rings. The predicted octanol–water partition coefficient (Wildman–Crippen LogP) is 3.04. The number of benzene rings is 3. The van der Waals surface area contributed by atoms with Gasteiger partial charge in [-0.25, -0.2) is 0 Å². The van der Waals surface area contributed by atoms with Crippen molar-refractivity contribution in [1.29, 1.82) is 0 Å². The number of hydrogen-bond donors (Lipinski definition) is 5. The SMILES string of the molecule is Cc1ccc(N(CC(=O)O)CC(=O)O)c(O[C@H]2CCC[C@H]2Oc2cc(C(O)c3cc4c(cc3[N+](=O)[O-])OCO4)ccc2N(CC(=O)O)CC(=O)O)c1. The summed E-state index contributed by atoms with van der Waals surface area (Å²) >= 11 is 0. The Labute approximate surface area is 295 Å². The lowest BCUT2D eigenvalue weighted by Gasteiger charge is -2.30. The van der Waals surface area contributed by atoms with Crippen molar-refractivity contribution in [2.24, 2.45) is 0 Å². The van der Waals surface area contributed by atoms with Crippen molar-refractivity contribution in [3.05, 3.63) is 75.3 Å². The summed E-state index contributed by atoms with van der Waals surface area (Å²) in [6, 6.07) is 11.3. The summed E-state index contributed by atoms with van der Waals surface area (Å²) in [5, 5.41) is 61.5. The van der Waals surface area contributed by atoms with E-state index in [2.05, 4.69) is 0 Å². The van der Waals surface area contributed by atoms with Crippen LogP contribution in [0.2, 0.25) is 0 Å². The number of ether oxygens (including phenoxy) is 4. The fourth-order valence-corrected chi connectivity index (χ4v) is 6.13. The molecule has 1 fully saturated rings. The van der Waals surface area contributed by atoms with Gasteiger partial charge in [-0.3, -0.25) is 29.3 Å². The summed E-state index contributed by atoms with van der Waals surface area (Å²) < 4.78 is 23.4. The molecule has 3 atom stereocenters. The highest BCUT2D eigenvalue weighted by Gasteiger charge is 2.35. The molecule has 0 radical (unpaired) electrons. The third kappa shape index (κ3) is 8.70. The molecule has 1 saturated carbocycles. The summed E-state index contributed by atoms with van der Waals surface area (Å²) in [6.45, 7) is -1.13. The number of aliphatic hydroxyl groups excluding tert-OH is 1. The van der Waals surface area contributed by atoms with Crippen molar-refractivity contribution in [2.45, 2.75) is 44.5 Å². The number of nitro groups is 1. The minimum Gasteiger partial charge on any atom is -0.484 e. The first-order valence-corrected chi connectivity index (χ1v) is 15.9. The molecule has 5 rings (SSSR count). The topological polar surface area (TPSA) is 256 Å². The second-order valence-corrected chi connectivity index (χ2v) is 12.2. The molecule has 18 nitrogen and oxygen atoms in total. The van der Waals surface area contributed by atoms with Gasteiger partial charge in [0.15, 0.2) is 11.5 Å². The van der Waals surface area contributed by atoms with Gasteiger partial charge in [0, 0.05) is 0 Å². The van der Waals surface area contributed by atoms with E-state index in [1.807, 2.05) is 0 Å². The average molecular weight is 726 g/mol. The van der Waals surface area contributed by atoms with Crippen molar-refractivity contribution in [3.8, 4) is 23.0 Å². The molecule has 3 aromatic carbocycles. The van der Waals surface area contributed by atoms with Crippen molar-refractivity contribution in [3.63, 3.8) is 0 Å². The van der Waals surface area contributed by atoms with Gasteiger partial charge in [0.25, 0.3) is 5.69 Å². The normalized spacial score (nSPS) is 16.5. The van der Waals surface area contributed by atoms with E-state index in [1.54, 1.807) is 25.1 Å². The average Bonchev–Trinajstić information content (AvgIpc) is 3.71. The van der Waals surface area contributed by atoms with E-state index in [9.17, 15) is 54.8 Å². The number of nitro benzene ring substituents is 1. The first kappa shape index (κ1) is 37.0. The minimum absolute atomic E-state index is 0.0388. The number of aryl methyl sites for hydroxylation is 1. The van der Waals surface area contributed by atoms with E-state index < -0.39 is 79.0 Å². The highest BCUT2D eigenvalue weighted by atomic mass is 16.7. The van der Waals surface area contributed by atoms with E-state index in [4.69, 9.17) is 18.9 Å². The number of rotatable bonds is 17. The summed E-state index contributed by atoms with van der Waals surface area (Å²) in [5.74, 6) is -4.76. The van der Waals surface area contributed by atoms with Crippen molar-refractivity contribution < 1.29 is 68.6 Å². The second-order valence-electron chi connectivity index (χ2n) is 12.2. The molecule has 0 aromatic heterocycles. The molecule has 0 bridgehead atoms. The third-order valence-electron chi connectivity index (χ3n) is 8.36. The number of carbonyl (C=O) groups is 4. The molecular formula is C34H35N3O15. The van der Waals surface area contributed by atoms with Gasteiger partial charge in [0.1, 0.15) is 56.0 Å². The Kier molecular flexibility index (Phi) is 11.2. The first-order chi connectivity index (χ1) is 24.7. The maximum absolute atomic E-state index is 12.0. The summed E-state index contributed by atoms with van der Waals surface area (Å²) in [5.41, 5.74) is 0.477. The van der Waals surface area contributed by atoms with Crippen LogP contribution in [0.5, 0.6) is 23.0 Å². The molecule has 3 aromatic rings. The first-order valence-electron chi connectivity index (χ1n) is 15.9. The third-order valence-corrected chi connectivity index (χ3v) is 8.36. The summed E-state index contributed by atoms with van der Waals surface area (Å²) in [4.78, 5) is 60.2. The largest absolute Gasteiger partial charge is 0.484 e. The van der Waals surface area contributed by atoms with Crippen molar-refractivity contribution in [2.75, 3.05) is 42.8 Å². The van der Waals surface area contributed by atoms with Gasteiger partial charge in [-0.1, -0.05) is 12.1 Å². The molecule has 276 valence electrons. The van der Waals surface area contributed by atoms with E-state index >= 15 is 0 Å². The van der Waals surface area contributed by atoms with Crippen LogP contribution < -0.4 is 28.7 Å². The fraction of sp³-hybridized carbons (Fsp3) is 0.353. The quantitative estimate of drug-likeness (QED) is 0.0989. The van der Waals surface area contributed by atoms with Crippen LogP contribution in [0, 0.1) is 17.0 Å². The Morgan fingerprint density at radius 2 is 1.27 bits per heavy atom. The van der Waals surface area contributed by atoms with Crippen molar-refractivity contribution in [1.82, 2.24) is 0 Å². The molecular weight excluding hydrogens is 690 g/mol. The monoisotopic (exact) mass is 725 g/mol. The minimum atomic E-state index is -1.63. The Balaban J connectivity index is 1.53. The molecule has 18 heteroatoms. The van der Waals surface area contributed by atoms with Crippen LogP contribution in [0.4, 0.5) is 17.1 Å². The molecule has 0 amide bonds. The number of aliphatic hydroxyl groups is 1. The van der Waals surface area contributed by atoms with Gasteiger partial charge in [-0.2, -0.15) is 0 Å². The second kappa shape index (κ2) is 15.7. The smallest absolute Gasteiger partial charge is 0.323 e. The molecule has 52 heavy (non-hydrogen) atoms. The van der Waals surface area contributed by atoms with Crippen LogP contribution in [-0.2, 0) is 19.2 Å². The van der Waals surface area contributed by atoms with Crippen LogP contribution >= 0.6 is 0 Å². The number of carboxylic acids is 4. The Hall–Kier alpha value is -6.30. The van der Waals surface area contributed by atoms with Gasteiger partial charge in [0.05, 0.1) is 27.9 Å². The number of nitrogens with zero attached hydrogens (tertiary/aromatic N) is 3. The van der Waals surface area contributed by atoms with E-state index in [-0.39, 0.29) is 52.3 Å². The van der Waals surface area contributed by atoms with Crippen LogP contribution in [-0.4, -0.2) is 99.5 Å². The van der Waals surface area contributed by atoms with Gasteiger partial charge < -0.3 is 54.3 Å². The van der Waals surface area contributed by atoms with Crippen LogP contribution in [0.15, 0.2) is 48.5 Å². The van der Waals surface area contributed by atoms with E-state index in [0.29, 0.717) is 19.3 Å².